The summed E-state index contributed by atoms with van der Waals surface area (Å²) in [6, 6.07) is 15.7. The number of likely N-dealkylation sites (N-methyl/N-ethyl adjacent to an activating group) is 1. The lowest BCUT2D eigenvalue weighted by Crippen LogP contribution is -2.52. The van der Waals surface area contributed by atoms with Crippen molar-refractivity contribution in [2.75, 3.05) is 51.4 Å². The predicted octanol–water partition coefficient (Wildman–Crippen LogP) is 3.74. The number of carbonyl (C=O) groups excluding carboxylic acids is 2. The van der Waals surface area contributed by atoms with Crippen LogP contribution in [0.15, 0.2) is 48.5 Å². The van der Waals surface area contributed by atoms with Crippen LogP contribution in [-0.2, 0) is 6.42 Å². The van der Waals surface area contributed by atoms with Gasteiger partial charge in [0.2, 0.25) is 5.12 Å². The van der Waals surface area contributed by atoms with Crippen LogP contribution in [0.25, 0.3) is 0 Å². The van der Waals surface area contributed by atoms with Gasteiger partial charge in [-0.25, -0.2) is 0 Å². The van der Waals surface area contributed by atoms with E-state index in [4.69, 9.17) is 0 Å². The van der Waals surface area contributed by atoms with Crippen molar-refractivity contribution in [3.63, 3.8) is 0 Å². The monoisotopic (exact) mass is 439 g/mol. The number of Topliss-reactive ketones (excluding diaryl/α,β-unsaturated/α-hetero) is 1. The highest BCUT2D eigenvalue weighted by Gasteiger charge is 2.39. The molecule has 1 aliphatic heterocycles. The fourth-order valence-electron chi connectivity index (χ4n) is 4.27. The Bertz CT molecular complexity index is 890. The molecule has 0 aliphatic carbocycles. The Labute approximate surface area is 190 Å². The van der Waals surface area contributed by atoms with Gasteiger partial charge in [0.1, 0.15) is 0 Å². The van der Waals surface area contributed by atoms with Gasteiger partial charge < -0.3 is 10.2 Å². The Morgan fingerprint density at radius 3 is 2.10 bits per heavy atom. The molecular formula is C25H33N3O2S. The summed E-state index contributed by atoms with van der Waals surface area (Å²) in [5.41, 5.74) is 3.02. The molecule has 5 nitrogen and oxygen atoms in total. The molecule has 1 aliphatic rings. The summed E-state index contributed by atoms with van der Waals surface area (Å²) in [5, 5.41) is 3.43. The predicted molar refractivity (Wildman–Crippen MR) is 131 cm³/mol. The maximum atomic E-state index is 13.7. The maximum absolute atomic E-state index is 13.7. The third kappa shape index (κ3) is 5.20. The van der Waals surface area contributed by atoms with Crippen molar-refractivity contribution in [3.05, 3.63) is 65.2 Å². The van der Waals surface area contributed by atoms with Gasteiger partial charge in [0, 0.05) is 43.0 Å². The highest BCUT2D eigenvalue weighted by atomic mass is 32.2. The molecule has 2 aromatic carbocycles. The minimum atomic E-state index is -0.637. The van der Waals surface area contributed by atoms with Crippen LogP contribution in [0.4, 0.5) is 5.69 Å². The van der Waals surface area contributed by atoms with E-state index >= 15 is 0 Å². The molecule has 0 amide bonds. The van der Waals surface area contributed by atoms with Gasteiger partial charge in [0.25, 0.3) is 0 Å². The summed E-state index contributed by atoms with van der Waals surface area (Å²) in [6.07, 6.45) is 3.09. The Balaban J connectivity index is 1.83. The number of thioether (sulfide) groups is 1. The molecule has 0 bridgehead atoms. The smallest absolute Gasteiger partial charge is 0.219 e. The van der Waals surface area contributed by atoms with Crippen molar-refractivity contribution in [1.29, 1.82) is 0 Å². The van der Waals surface area contributed by atoms with E-state index in [0.29, 0.717) is 18.4 Å². The first-order valence-corrected chi connectivity index (χ1v) is 12.1. The van der Waals surface area contributed by atoms with Gasteiger partial charge in [0.15, 0.2) is 5.78 Å². The molecule has 1 fully saturated rings. The first-order valence-electron chi connectivity index (χ1n) is 10.9. The highest BCUT2D eigenvalue weighted by molar-refractivity contribution is 8.13. The quantitative estimate of drug-likeness (QED) is 0.633. The maximum Gasteiger partial charge on any atom is 0.219 e. The fourth-order valence-corrected chi connectivity index (χ4v) is 4.64. The molecule has 1 heterocycles. The summed E-state index contributed by atoms with van der Waals surface area (Å²) in [7, 11) is 3.95. The van der Waals surface area contributed by atoms with Gasteiger partial charge in [-0.3, -0.25) is 14.5 Å². The van der Waals surface area contributed by atoms with Crippen molar-refractivity contribution in [3.8, 4) is 0 Å². The van der Waals surface area contributed by atoms with Crippen LogP contribution in [0.3, 0.4) is 0 Å². The molecule has 3 rings (SSSR count). The van der Waals surface area contributed by atoms with E-state index in [0.717, 1.165) is 37.3 Å². The molecule has 1 atom stereocenters. The van der Waals surface area contributed by atoms with Gasteiger partial charge in [-0.05, 0) is 63.0 Å². The summed E-state index contributed by atoms with van der Waals surface area (Å²) in [4.78, 5) is 30.0. The minimum Gasteiger partial charge on any atom is -0.369 e. The van der Waals surface area contributed by atoms with E-state index in [9.17, 15) is 9.59 Å². The summed E-state index contributed by atoms with van der Waals surface area (Å²) >= 11 is 1.21. The number of carbonyl (C=O) groups is 2. The lowest BCUT2D eigenvalue weighted by atomic mass is 9.80. The highest BCUT2D eigenvalue weighted by Crippen LogP contribution is 2.29. The Morgan fingerprint density at radius 1 is 1.00 bits per heavy atom. The van der Waals surface area contributed by atoms with Crippen LogP contribution in [0.2, 0.25) is 0 Å². The number of ketones is 1. The van der Waals surface area contributed by atoms with E-state index in [2.05, 4.69) is 29.3 Å². The zero-order chi connectivity index (χ0) is 22.4. The molecular weight excluding hydrogens is 406 g/mol. The van der Waals surface area contributed by atoms with E-state index in [1.54, 1.807) is 6.26 Å². The first kappa shape index (κ1) is 23.5. The molecule has 0 spiro atoms. The molecule has 0 saturated carbocycles. The van der Waals surface area contributed by atoms with Gasteiger partial charge in [-0.15, -0.1) is 0 Å². The van der Waals surface area contributed by atoms with E-state index in [-0.39, 0.29) is 10.9 Å². The molecule has 31 heavy (non-hydrogen) atoms. The molecule has 6 heteroatoms. The van der Waals surface area contributed by atoms with Crippen LogP contribution in [0, 0.1) is 0 Å². The third-order valence-corrected chi connectivity index (χ3v) is 6.95. The SMILES string of the molecule is CCC(Cc1ccc(C(=O)SC)cc1)(C(=O)c1ccc(N2CCNCC2)cc1)N(C)C. The Hall–Kier alpha value is -2.15. The number of piperazine rings is 1. The minimum absolute atomic E-state index is 0.0570. The van der Waals surface area contributed by atoms with Crippen LogP contribution in [-0.4, -0.2) is 67.9 Å². The number of nitrogens with zero attached hydrogens (tertiary/aromatic N) is 2. The van der Waals surface area contributed by atoms with Crippen molar-refractivity contribution >= 4 is 28.3 Å². The van der Waals surface area contributed by atoms with Gasteiger partial charge >= 0.3 is 0 Å². The normalized spacial score (nSPS) is 16.2. The standard InChI is InChI=1S/C25H33N3O2S/c1-5-25(27(2)3,18-19-6-8-21(9-7-19)24(30)31-4)23(29)20-10-12-22(13-11-20)28-16-14-26-15-17-28/h6-13,26H,5,14-18H2,1-4H3. The zero-order valence-corrected chi connectivity index (χ0v) is 19.8. The largest absolute Gasteiger partial charge is 0.369 e. The van der Waals surface area contributed by atoms with Crippen molar-refractivity contribution in [2.45, 2.75) is 25.3 Å². The van der Waals surface area contributed by atoms with Gasteiger partial charge in [-0.2, -0.15) is 0 Å². The molecule has 1 unspecified atom stereocenters. The van der Waals surface area contributed by atoms with E-state index in [1.807, 2.05) is 55.4 Å². The van der Waals surface area contributed by atoms with Crippen LogP contribution in [0.1, 0.15) is 39.6 Å². The summed E-state index contributed by atoms with van der Waals surface area (Å²) in [6.45, 7) is 6.01. The van der Waals surface area contributed by atoms with Crippen LogP contribution < -0.4 is 10.2 Å². The topological polar surface area (TPSA) is 52.7 Å². The lowest BCUT2D eigenvalue weighted by Gasteiger charge is -2.38. The third-order valence-electron chi connectivity index (χ3n) is 6.35. The number of anilines is 1. The lowest BCUT2D eigenvalue weighted by molar-refractivity contribution is 0.0666. The Kier molecular flexibility index (Phi) is 7.92. The first-order chi connectivity index (χ1) is 14.9. The second-order valence-corrected chi connectivity index (χ2v) is 9.04. The molecule has 0 aromatic heterocycles. The summed E-state index contributed by atoms with van der Waals surface area (Å²) < 4.78 is 0. The van der Waals surface area contributed by atoms with Crippen LogP contribution in [0.5, 0.6) is 0 Å². The zero-order valence-electron chi connectivity index (χ0n) is 19.0. The van der Waals surface area contributed by atoms with Crippen molar-refractivity contribution in [2.24, 2.45) is 0 Å². The number of hydrogen-bond donors (Lipinski definition) is 1. The van der Waals surface area contributed by atoms with Crippen molar-refractivity contribution < 1.29 is 9.59 Å². The van der Waals surface area contributed by atoms with Crippen molar-refractivity contribution in [1.82, 2.24) is 10.2 Å². The molecule has 2 aromatic rings. The van der Waals surface area contributed by atoms with E-state index < -0.39 is 5.54 Å². The molecule has 1 N–H and O–H groups in total. The summed E-state index contributed by atoms with van der Waals surface area (Å²) in [5.74, 6) is 0.135. The number of benzene rings is 2. The number of hydrogen-bond acceptors (Lipinski definition) is 6. The average molecular weight is 440 g/mol. The molecule has 1 saturated heterocycles. The van der Waals surface area contributed by atoms with E-state index in [1.165, 1.54) is 17.4 Å². The van der Waals surface area contributed by atoms with Crippen LogP contribution >= 0.6 is 11.8 Å². The fraction of sp³-hybridized carbons (Fsp3) is 0.440. The Morgan fingerprint density at radius 2 is 1.58 bits per heavy atom. The second kappa shape index (κ2) is 10.4. The van der Waals surface area contributed by atoms with Gasteiger partial charge in [-0.1, -0.05) is 43.0 Å². The molecule has 0 radical (unpaired) electrons. The molecule has 166 valence electrons. The van der Waals surface area contributed by atoms with Gasteiger partial charge in [0.05, 0.1) is 5.54 Å². The number of rotatable bonds is 8. The average Bonchev–Trinajstić information content (AvgIpc) is 2.82. The second-order valence-electron chi connectivity index (χ2n) is 8.26. The number of nitrogens with one attached hydrogen (secondary N) is 1.